The van der Waals surface area contributed by atoms with Gasteiger partial charge in [-0.1, -0.05) is 0 Å². The molecular weight excluding hydrogens is 408 g/mol. The van der Waals surface area contributed by atoms with E-state index < -0.39 is 0 Å². The normalized spacial score (nSPS) is 15.5. The van der Waals surface area contributed by atoms with Crippen molar-refractivity contribution in [2.75, 3.05) is 26.4 Å². The molecular formula is C18H12O4S4. The van der Waals surface area contributed by atoms with Crippen LogP contribution in [-0.2, 0) is 0 Å². The largest absolute Gasteiger partial charge is 0.486 e. The second-order valence-corrected chi connectivity index (χ2v) is 10.6. The molecule has 4 aliphatic heterocycles. The van der Waals surface area contributed by atoms with Crippen LogP contribution < -0.4 is 18.9 Å². The molecule has 2 aromatic rings. The van der Waals surface area contributed by atoms with Crippen LogP contribution in [0.15, 0.2) is 24.3 Å². The molecule has 0 aromatic heterocycles. The van der Waals surface area contributed by atoms with Crippen LogP contribution in [-0.4, -0.2) is 26.4 Å². The molecule has 0 radical (unpaired) electrons. The first-order valence-corrected chi connectivity index (χ1v) is 11.4. The summed E-state index contributed by atoms with van der Waals surface area (Å²) in [5, 5.41) is 0. The monoisotopic (exact) mass is 420 g/mol. The lowest BCUT2D eigenvalue weighted by Gasteiger charge is -2.19. The van der Waals surface area contributed by atoms with Crippen LogP contribution in [0.2, 0.25) is 0 Å². The zero-order valence-corrected chi connectivity index (χ0v) is 16.7. The molecule has 0 aliphatic carbocycles. The summed E-state index contributed by atoms with van der Waals surface area (Å²) in [6.07, 6.45) is 0. The van der Waals surface area contributed by atoms with E-state index in [0.717, 1.165) is 23.0 Å². The van der Waals surface area contributed by atoms with Crippen LogP contribution in [0.4, 0.5) is 0 Å². The summed E-state index contributed by atoms with van der Waals surface area (Å²) in [5.41, 5.74) is 0. The number of benzene rings is 2. The Morgan fingerprint density at radius 1 is 0.462 bits per heavy atom. The highest BCUT2D eigenvalue weighted by Crippen LogP contribution is 2.42. The highest BCUT2D eigenvalue weighted by molar-refractivity contribution is 7.41. The molecule has 6 rings (SSSR count). The van der Waals surface area contributed by atoms with Crippen molar-refractivity contribution in [3.63, 3.8) is 0 Å². The Morgan fingerprint density at radius 3 is 1.00 bits per heavy atom. The first-order chi connectivity index (χ1) is 12.8. The minimum absolute atomic E-state index is 0.614. The lowest BCUT2D eigenvalue weighted by atomic mass is 10.3. The number of rotatable bonds is 0. The molecule has 0 amide bonds. The molecule has 4 nitrogen and oxygen atoms in total. The molecule has 0 saturated carbocycles. The fourth-order valence-corrected chi connectivity index (χ4v) is 8.37. The summed E-state index contributed by atoms with van der Waals surface area (Å²) in [6, 6.07) is 8.43. The summed E-state index contributed by atoms with van der Waals surface area (Å²) >= 11 is 7.23. The first kappa shape index (κ1) is 15.3. The third-order valence-electron chi connectivity index (χ3n) is 4.19. The molecule has 0 saturated heterocycles. The average molecular weight is 421 g/mol. The maximum atomic E-state index is 5.74. The van der Waals surface area contributed by atoms with Gasteiger partial charge in [-0.2, -0.15) is 0 Å². The van der Waals surface area contributed by atoms with Gasteiger partial charge in [-0.15, -0.1) is 45.3 Å². The predicted octanol–water partition coefficient (Wildman–Crippen LogP) is 5.63. The first-order valence-electron chi connectivity index (χ1n) is 8.16. The van der Waals surface area contributed by atoms with Crippen LogP contribution in [0.5, 0.6) is 23.0 Å². The van der Waals surface area contributed by atoms with E-state index in [1.165, 1.54) is 26.5 Å². The molecule has 4 aliphatic rings. The fraction of sp³-hybridized carbons (Fsp3) is 0.222. The molecule has 0 fully saturated rings. The number of ether oxygens (including phenoxy) is 4. The van der Waals surface area contributed by atoms with Gasteiger partial charge in [0.25, 0.3) is 0 Å². The van der Waals surface area contributed by atoms with Gasteiger partial charge < -0.3 is 18.9 Å². The number of hydrogen-bond acceptors (Lipinski definition) is 8. The molecule has 8 heteroatoms. The van der Waals surface area contributed by atoms with Crippen molar-refractivity contribution < 1.29 is 18.9 Å². The third kappa shape index (κ3) is 2.44. The van der Waals surface area contributed by atoms with Gasteiger partial charge in [0.2, 0.25) is 0 Å². The van der Waals surface area contributed by atoms with Gasteiger partial charge >= 0.3 is 0 Å². The Morgan fingerprint density at radius 2 is 0.731 bits per heavy atom. The second-order valence-electron chi connectivity index (χ2n) is 5.87. The van der Waals surface area contributed by atoms with Crippen molar-refractivity contribution in [3.8, 4) is 23.0 Å². The van der Waals surface area contributed by atoms with E-state index in [4.69, 9.17) is 18.9 Å². The van der Waals surface area contributed by atoms with E-state index >= 15 is 0 Å². The summed E-state index contributed by atoms with van der Waals surface area (Å²) in [7, 11) is 0. The summed E-state index contributed by atoms with van der Waals surface area (Å²) in [4.78, 5) is 0. The maximum Gasteiger partial charge on any atom is 0.162 e. The van der Waals surface area contributed by atoms with Gasteiger partial charge in [0.1, 0.15) is 34.1 Å². The Balaban J connectivity index is 1.63. The van der Waals surface area contributed by atoms with E-state index in [-0.39, 0.29) is 0 Å². The van der Waals surface area contributed by atoms with Gasteiger partial charge in [0.15, 0.2) is 23.0 Å². The van der Waals surface area contributed by atoms with Crippen LogP contribution in [0.25, 0.3) is 18.8 Å². The standard InChI is InChI=1S/C18H12O4S4/c1-2-20-10-6-14-13(5-9(10)19-1)23-17-18(24-14)26-16-8-12-11(7-15(16)25-17)21-3-4-22-12/h5-8H,1-4H2. The Hall–Kier alpha value is -1.74. The van der Waals surface area contributed by atoms with E-state index in [1.54, 1.807) is 0 Å². The van der Waals surface area contributed by atoms with Crippen molar-refractivity contribution >= 4 is 64.1 Å². The van der Waals surface area contributed by atoms with Crippen molar-refractivity contribution in [1.29, 1.82) is 0 Å². The van der Waals surface area contributed by atoms with Crippen molar-refractivity contribution in [1.82, 2.24) is 0 Å². The van der Waals surface area contributed by atoms with Gasteiger partial charge in [0.05, 0.1) is 0 Å². The molecule has 0 atom stereocenters. The van der Waals surface area contributed by atoms with Crippen LogP contribution >= 0.6 is 45.3 Å². The second kappa shape index (κ2) is 5.88. The zero-order valence-electron chi connectivity index (χ0n) is 13.4. The van der Waals surface area contributed by atoms with Crippen LogP contribution in [0.3, 0.4) is 0 Å². The van der Waals surface area contributed by atoms with E-state index in [1.807, 2.05) is 45.3 Å². The van der Waals surface area contributed by atoms with Crippen LogP contribution in [0, 0.1) is 7.69 Å². The highest BCUT2D eigenvalue weighted by Gasteiger charge is 2.16. The topological polar surface area (TPSA) is 36.9 Å². The Bertz CT molecular complexity index is 1070. The predicted molar refractivity (Wildman–Crippen MR) is 108 cm³/mol. The lowest BCUT2D eigenvalue weighted by molar-refractivity contribution is 0.172. The maximum absolute atomic E-state index is 5.74. The van der Waals surface area contributed by atoms with Crippen molar-refractivity contribution in [3.05, 3.63) is 32.0 Å². The van der Waals surface area contributed by atoms with Gasteiger partial charge in [-0.25, -0.2) is 0 Å². The average Bonchev–Trinajstić information content (AvgIpc) is 2.67. The quantitative estimate of drug-likeness (QED) is 0.369. The third-order valence-corrected chi connectivity index (χ3v) is 9.76. The minimum Gasteiger partial charge on any atom is -0.486 e. The van der Waals surface area contributed by atoms with E-state index in [9.17, 15) is 0 Å². The smallest absolute Gasteiger partial charge is 0.162 e. The summed E-state index contributed by atoms with van der Waals surface area (Å²) < 4.78 is 30.5. The molecule has 0 unspecified atom stereocenters. The van der Waals surface area contributed by atoms with E-state index in [0.29, 0.717) is 26.4 Å². The van der Waals surface area contributed by atoms with Crippen LogP contribution in [0.1, 0.15) is 0 Å². The van der Waals surface area contributed by atoms with Crippen molar-refractivity contribution in [2.45, 2.75) is 0 Å². The number of hydrogen-bond donors (Lipinski definition) is 0. The lowest BCUT2D eigenvalue weighted by Crippen LogP contribution is -2.15. The zero-order chi connectivity index (χ0) is 17.1. The summed E-state index contributed by atoms with van der Waals surface area (Å²) in [5.74, 6) is 3.39. The van der Waals surface area contributed by atoms with Gasteiger partial charge in [-0.3, -0.25) is 0 Å². The summed E-state index contributed by atoms with van der Waals surface area (Å²) in [6.45, 7) is 2.46. The van der Waals surface area contributed by atoms with Gasteiger partial charge in [0, 0.05) is 43.1 Å². The minimum atomic E-state index is 0.614. The van der Waals surface area contributed by atoms with Gasteiger partial charge in [-0.05, 0) is 0 Å². The molecule has 0 spiro atoms. The Labute approximate surface area is 164 Å². The molecule has 0 N–H and O–H groups in total. The molecule has 26 heavy (non-hydrogen) atoms. The molecule has 4 heterocycles. The molecule has 0 bridgehead atoms. The fourth-order valence-electron chi connectivity index (χ4n) is 3.03. The highest BCUT2D eigenvalue weighted by atomic mass is 32.2. The number of fused-ring (bicyclic) bond motifs is 4. The molecule has 132 valence electrons. The SMILES string of the molecule is c1c2c(cc3sc4sc5cc6c(cc5sc=4sc13)OCCO6)OCCO2. The Kier molecular flexibility index (Phi) is 3.47. The van der Waals surface area contributed by atoms with Crippen molar-refractivity contribution in [2.24, 2.45) is 0 Å². The van der Waals surface area contributed by atoms with E-state index in [2.05, 4.69) is 24.3 Å². The molecule has 2 aromatic carbocycles.